The Bertz CT molecular complexity index is 18.3. The van der Waals surface area contributed by atoms with E-state index in [4.69, 9.17) is 5.26 Å². The normalized spacial score (nSPS) is 0.333. The molecule has 0 aliphatic heterocycles. The van der Waals surface area contributed by atoms with E-state index in [9.17, 15) is 0 Å². The zero-order valence-corrected chi connectivity index (χ0v) is 4.39. The first kappa shape index (κ1) is 47.6. The van der Waals surface area contributed by atoms with Gasteiger partial charge in [-0.15, -0.1) is 17.0 Å². The Labute approximate surface area is 82.8 Å². The number of nitrogens with zero attached hydrogens (tertiary/aromatic N) is 1. The number of nitriles is 1. The number of hydrogen-bond donors (Lipinski definition) is 0. The number of hydrogen-bond acceptors (Lipinski definition) is 1. The molecule has 0 amide bonds. The Morgan fingerprint density at radius 1 is 1.00 bits per heavy atom. The number of rotatable bonds is 0. The molecule has 0 bridgehead atoms. The van der Waals surface area contributed by atoms with Crippen molar-refractivity contribution in [3.63, 3.8) is 0 Å². The molecule has 0 heterocycles. The Morgan fingerprint density at radius 3 is 1.00 bits per heavy atom. The van der Waals surface area contributed by atoms with Crippen molar-refractivity contribution < 1.29 is 17.1 Å². The Balaban J connectivity index is -0.000000000833. The fourth-order valence-electron chi connectivity index (χ4n) is 0. The minimum absolute atomic E-state index is 0. The average molecular weight is 187 g/mol. The second-order valence-corrected chi connectivity index (χ2v) is 0. The summed E-state index contributed by atoms with van der Waals surface area (Å²) >= 11 is 0. The van der Waals surface area contributed by atoms with Gasteiger partial charge >= 0.3 is 37.7 Å². The van der Waals surface area contributed by atoms with Crippen molar-refractivity contribution in [2.75, 3.05) is 0 Å². The number of halogens is 1. The van der Waals surface area contributed by atoms with Crippen molar-refractivity contribution in [1.29, 1.82) is 5.26 Å². The van der Waals surface area contributed by atoms with E-state index in [1.165, 1.54) is 0 Å². The molecule has 0 atom stereocenters. The van der Waals surface area contributed by atoms with Crippen LogP contribution in [0.15, 0.2) is 0 Å². The minimum atomic E-state index is 0. The molecular weight excluding hydrogens is 183 g/mol. The average Bonchev–Trinajstić information content (AvgIpc) is 1.00. The van der Waals surface area contributed by atoms with Crippen LogP contribution in [0, 0.1) is 11.8 Å². The van der Waals surface area contributed by atoms with Crippen molar-refractivity contribution in [2.45, 2.75) is 0 Å². The molecule has 0 rings (SSSR count). The van der Waals surface area contributed by atoms with Gasteiger partial charge in [0.1, 0.15) is 0 Å². The molecule has 0 unspecified atom stereocenters. The molecule has 5 heteroatoms. The van der Waals surface area contributed by atoms with Crippen molar-refractivity contribution in [3.05, 3.63) is 0 Å². The predicted molar refractivity (Wildman–Crippen MR) is 31.3 cm³/mol. The quantitative estimate of drug-likeness (QED) is 0.466. The molecule has 0 aromatic carbocycles. The zero-order valence-electron chi connectivity index (χ0n) is 1.73. The standard InChI is InChI=1S/CHN.BrH.Cu.2Li.2H/c1-2;;;;;;/h1H;1H;;;;;. The summed E-state index contributed by atoms with van der Waals surface area (Å²) in [6.07, 6.45) is 0. The first-order valence-corrected chi connectivity index (χ1v) is 0.258. The first-order chi connectivity index (χ1) is 1.00. The van der Waals surface area contributed by atoms with Gasteiger partial charge in [-0.05, 0) is 0 Å². The van der Waals surface area contributed by atoms with Gasteiger partial charge in [0.05, 0.1) is 0 Å². The molecule has 0 aliphatic rings. The van der Waals surface area contributed by atoms with Crippen molar-refractivity contribution in [3.8, 4) is 6.57 Å². The Kier molecular flexibility index (Phi) is 605. The van der Waals surface area contributed by atoms with Crippen molar-refractivity contribution in [1.82, 2.24) is 0 Å². The van der Waals surface area contributed by atoms with Crippen LogP contribution in [-0.2, 0) is 17.1 Å². The van der Waals surface area contributed by atoms with Crippen LogP contribution >= 0.6 is 17.0 Å². The van der Waals surface area contributed by atoms with Crippen LogP contribution in [0.3, 0.4) is 0 Å². The van der Waals surface area contributed by atoms with Gasteiger partial charge in [-0.3, -0.25) is 0 Å². The van der Waals surface area contributed by atoms with Crippen LogP contribution in [0.2, 0.25) is 0 Å². The maximum atomic E-state index is 6.50. The van der Waals surface area contributed by atoms with Crippen LogP contribution < -0.4 is 0 Å². The second kappa shape index (κ2) is 76.1. The summed E-state index contributed by atoms with van der Waals surface area (Å²) in [4.78, 5) is 0. The Morgan fingerprint density at radius 2 is 1.00 bits per heavy atom. The molecule has 6 heavy (non-hydrogen) atoms. The van der Waals surface area contributed by atoms with Crippen LogP contribution in [0.1, 0.15) is 0 Å². The van der Waals surface area contributed by atoms with Gasteiger partial charge in [-0.2, -0.15) is 0 Å². The maximum absolute atomic E-state index is 6.50. The van der Waals surface area contributed by atoms with Gasteiger partial charge in [-0.25, -0.2) is 5.26 Å². The molecule has 0 N–H and O–H groups in total. The van der Waals surface area contributed by atoms with Crippen LogP contribution in [0.5, 0.6) is 0 Å². The third-order valence-corrected chi connectivity index (χ3v) is 0. The van der Waals surface area contributed by atoms with Crippen LogP contribution in [-0.4, -0.2) is 37.7 Å². The van der Waals surface area contributed by atoms with Gasteiger partial charge in [0.15, 0.2) is 0 Å². The molecule has 33 valence electrons. The van der Waals surface area contributed by atoms with Crippen molar-refractivity contribution >= 4 is 54.7 Å². The van der Waals surface area contributed by atoms with Gasteiger partial charge in [-0.1, -0.05) is 0 Å². The SMILES string of the molecule is Br.C#N.[Cu].[LiH].[LiH]. The first-order valence-electron chi connectivity index (χ1n) is 0.258. The molecule has 0 aliphatic carbocycles. The van der Waals surface area contributed by atoms with Gasteiger partial charge < -0.3 is 0 Å². The molecular formula is CH4BrCuLi2N. The molecule has 0 spiro atoms. The molecule has 0 saturated heterocycles. The fourth-order valence-corrected chi connectivity index (χ4v) is 0. The van der Waals surface area contributed by atoms with E-state index in [0.29, 0.717) is 0 Å². The summed E-state index contributed by atoms with van der Waals surface area (Å²) in [5, 5.41) is 6.50. The molecule has 0 saturated carbocycles. The molecule has 1 nitrogen and oxygen atoms in total. The predicted octanol–water partition coefficient (Wildman–Crippen LogP) is -0.582. The van der Waals surface area contributed by atoms with E-state index in [0.717, 1.165) is 0 Å². The second-order valence-electron chi connectivity index (χ2n) is 0. The molecule has 0 aromatic heterocycles. The van der Waals surface area contributed by atoms with E-state index in [2.05, 4.69) is 6.57 Å². The van der Waals surface area contributed by atoms with Crippen molar-refractivity contribution in [2.24, 2.45) is 0 Å². The molecule has 0 aromatic rings. The monoisotopic (exact) mass is 186 g/mol. The Hall–Kier alpha value is 1.68. The third-order valence-electron chi connectivity index (χ3n) is 0. The fraction of sp³-hybridized carbons (Fsp3) is 0. The summed E-state index contributed by atoms with van der Waals surface area (Å²) in [5.74, 6) is 0. The summed E-state index contributed by atoms with van der Waals surface area (Å²) in [7, 11) is 0. The van der Waals surface area contributed by atoms with Gasteiger partial charge in [0, 0.05) is 23.6 Å². The van der Waals surface area contributed by atoms with E-state index < -0.39 is 0 Å². The zero-order chi connectivity index (χ0) is 2.00. The van der Waals surface area contributed by atoms with Crippen LogP contribution in [0.4, 0.5) is 0 Å². The third kappa shape index (κ3) is 44.0. The van der Waals surface area contributed by atoms with E-state index >= 15 is 0 Å². The van der Waals surface area contributed by atoms with Gasteiger partial charge in [0.25, 0.3) is 0 Å². The van der Waals surface area contributed by atoms with Crippen LogP contribution in [0.25, 0.3) is 0 Å². The molecule has 0 fully saturated rings. The van der Waals surface area contributed by atoms with E-state index in [1.807, 2.05) is 0 Å². The summed E-state index contributed by atoms with van der Waals surface area (Å²) in [6.45, 7) is 3.50. The summed E-state index contributed by atoms with van der Waals surface area (Å²) < 4.78 is 0. The summed E-state index contributed by atoms with van der Waals surface area (Å²) in [5.41, 5.74) is 0. The van der Waals surface area contributed by atoms with Gasteiger partial charge in [0.2, 0.25) is 0 Å². The van der Waals surface area contributed by atoms with E-state index in [1.54, 1.807) is 0 Å². The summed E-state index contributed by atoms with van der Waals surface area (Å²) in [6, 6.07) is 0. The topological polar surface area (TPSA) is 23.8 Å². The van der Waals surface area contributed by atoms with E-state index in [-0.39, 0.29) is 71.8 Å². The molecule has 1 radical (unpaired) electrons.